The van der Waals surface area contributed by atoms with Crippen molar-refractivity contribution < 1.29 is 14.3 Å². The van der Waals surface area contributed by atoms with E-state index in [9.17, 15) is 9.59 Å². The lowest BCUT2D eigenvalue weighted by Crippen LogP contribution is -2.28. The summed E-state index contributed by atoms with van der Waals surface area (Å²) in [4.78, 5) is 31.9. The van der Waals surface area contributed by atoms with Crippen molar-refractivity contribution in [1.82, 2.24) is 14.3 Å². The normalized spacial score (nSPS) is 13.7. The summed E-state index contributed by atoms with van der Waals surface area (Å²) in [5.74, 6) is 0.188. The first-order valence-electron chi connectivity index (χ1n) is 8.90. The number of fused-ring (bicyclic) bond motifs is 1. The number of ether oxygens (including phenoxy) is 1. The number of nitrogens with zero attached hydrogens (tertiary/aromatic N) is 3. The van der Waals surface area contributed by atoms with Crippen LogP contribution in [0.15, 0.2) is 48.7 Å². The molecule has 1 aliphatic heterocycles. The number of pyridine rings is 1. The standard InChI is InChI=1S/C20H20N4O3/c1-27-16-10-3-2-8-14(16)21-19(25)18-22-17(15-9-4-5-13-24(15)18)20(26)23-11-6-7-12-23/h2-5,8-10,13H,6-7,11-12H2,1H3,(H,21,25). The molecule has 7 heteroatoms. The van der Waals surface area contributed by atoms with Gasteiger partial charge in [-0.2, -0.15) is 0 Å². The van der Waals surface area contributed by atoms with Crippen molar-refractivity contribution in [2.75, 3.05) is 25.5 Å². The number of anilines is 1. The Morgan fingerprint density at radius 1 is 1.07 bits per heavy atom. The molecule has 4 rings (SSSR count). The number of nitrogens with one attached hydrogen (secondary N) is 1. The van der Waals surface area contributed by atoms with Gasteiger partial charge in [-0.15, -0.1) is 0 Å². The number of methoxy groups -OCH3 is 1. The fourth-order valence-corrected chi connectivity index (χ4v) is 3.35. The highest BCUT2D eigenvalue weighted by molar-refractivity contribution is 6.06. The lowest BCUT2D eigenvalue weighted by atomic mass is 10.3. The maximum absolute atomic E-state index is 12.9. The minimum atomic E-state index is -0.402. The van der Waals surface area contributed by atoms with Gasteiger partial charge >= 0.3 is 0 Å². The molecule has 2 aromatic heterocycles. The van der Waals surface area contributed by atoms with Crippen LogP contribution >= 0.6 is 0 Å². The summed E-state index contributed by atoms with van der Waals surface area (Å²) >= 11 is 0. The molecule has 0 aliphatic carbocycles. The van der Waals surface area contributed by atoms with Gasteiger partial charge in [-0.3, -0.25) is 14.0 Å². The van der Waals surface area contributed by atoms with E-state index in [-0.39, 0.29) is 11.7 Å². The van der Waals surface area contributed by atoms with Crippen LogP contribution in [0.3, 0.4) is 0 Å². The topological polar surface area (TPSA) is 75.9 Å². The van der Waals surface area contributed by atoms with Crippen molar-refractivity contribution in [2.45, 2.75) is 12.8 Å². The zero-order chi connectivity index (χ0) is 18.8. The molecule has 0 unspecified atom stereocenters. The molecule has 0 bridgehead atoms. The first-order valence-corrected chi connectivity index (χ1v) is 8.90. The van der Waals surface area contributed by atoms with Crippen LogP contribution < -0.4 is 10.1 Å². The Morgan fingerprint density at radius 2 is 1.81 bits per heavy atom. The Kier molecular flexibility index (Phi) is 4.50. The van der Waals surface area contributed by atoms with Gasteiger partial charge in [-0.1, -0.05) is 18.2 Å². The molecule has 0 saturated carbocycles. The zero-order valence-electron chi connectivity index (χ0n) is 15.0. The number of likely N-dealkylation sites (tertiary alicyclic amines) is 1. The summed E-state index contributed by atoms with van der Waals surface area (Å²) in [6.45, 7) is 1.46. The molecule has 1 fully saturated rings. The molecule has 7 nitrogen and oxygen atoms in total. The molecule has 0 atom stereocenters. The van der Waals surface area contributed by atoms with Gasteiger partial charge in [-0.25, -0.2) is 4.98 Å². The van der Waals surface area contributed by atoms with Crippen molar-refractivity contribution in [2.24, 2.45) is 0 Å². The van der Waals surface area contributed by atoms with E-state index in [2.05, 4.69) is 10.3 Å². The number of benzene rings is 1. The second kappa shape index (κ2) is 7.11. The summed E-state index contributed by atoms with van der Waals surface area (Å²) in [5, 5.41) is 2.82. The van der Waals surface area contributed by atoms with E-state index in [4.69, 9.17) is 4.74 Å². The molecule has 1 N–H and O–H groups in total. The average molecular weight is 364 g/mol. The van der Waals surface area contributed by atoms with Crippen LogP contribution in [0.25, 0.3) is 5.52 Å². The maximum atomic E-state index is 12.9. The third kappa shape index (κ3) is 3.12. The molecule has 138 valence electrons. The molecule has 3 aromatic rings. The van der Waals surface area contributed by atoms with E-state index in [1.807, 2.05) is 18.2 Å². The molecule has 1 saturated heterocycles. The Bertz CT molecular complexity index is 1010. The smallest absolute Gasteiger partial charge is 0.292 e. The lowest BCUT2D eigenvalue weighted by Gasteiger charge is -2.13. The molecule has 0 spiro atoms. The molecule has 0 radical (unpaired) electrons. The van der Waals surface area contributed by atoms with Gasteiger partial charge in [0.1, 0.15) is 5.75 Å². The van der Waals surface area contributed by atoms with Crippen molar-refractivity contribution in [3.63, 3.8) is 0 Å². The fourth-order valence-electron chi connectivity index (χ4n) is 3.35. The first kappa shape index (κ1) is 17.1. The molecule has 2 amide bonds. The predicted molar refractivity (Wildman–Crippen MR) is 101 cm³/mol. The minimum absolute atomic E-state index is 0.132. The number of hydrogen-bond acceptors (Lipinski definition) is 4. The van der Waals surface area contributed by atoms with Crippen LogP contribution in [-0.4, -0.2) is 46.3 Å². The predicted octanol–water partition coefficient (Wildman–Crippen LogP) is 2.83. The molecule has 1 aliphatic rings. The number of rotatable bonds is 4. The highest BCUT2D eigenvalue weighted by Gasteiger charge is 2.27. The fraction of sp³-hybridized carbons (Fsp3) is 0.250. The van der Waals surface area contributed by atoms with Crippen molar-refractivity contribution in [3.05, 3.63) is 60.2 Å². The van der Waals surface area contributed by atoms with Gasteiger partial charge in [0.05, 0.1) is 18.3 Å². The number of para-hydroxylation sites is 2. The average Bonchev–Trinajstić information content (AvgIpc) is 3.36. The maximum Gasteiger partial charge on any atom is 0.292 e. The van der Waals surface area contributed by atoms with Crippen LogP contribution in [-0.2, 0) is 0 Å². The molecular weight excluding hydrogens is 344 g/mol. The summed E-state index contributed by atoms with van der Waals surface area (Å²) in [6, 6.07) is 12.6. The van der Waals surface area contributed by atoms with Crippen molar-refractivity contribution in [3.8, 4) is 5.75 Å². The number of carbonyl (C=O) groups is 2. The van der Waals surface area contributed by atoms with Crippen LogP contribution in [0.4, 0.5) is 5.69 Å². The third-order valence-electron chi connectivity index (χ3n) is 4.70. The quantitative estimate of drug-likeness (QED) is 0.772. The highest BCUT2D eigenvalue weighted by atomic mass is 16.5. The van der Waals surface area contributed by atoms with E-state index < -0.39 is 5.91 Å². The summed E-state index contributed by atoms with van der Waals surface area (Å²) < 4.78 is 6.92. The second-order valence-electron chi connectivity index (χ2n) is 6.39. The monoisotopic (exact) mass is 364 g/mol. The van der Waals surface area contributed by atoms with Crippen LogP contribution in [0.2, 0.25) is 0 Å². The minimum Gasteiger partial charge on any atom is -0.495 e. The van der Waals surface area contributed by atoms with E-state index in [0.29, 0.717) is 22.6 Å². The van der Waals surface area contributed by atoms with Crippen LogP contribution in [0, 0.1) is 0 Å². The van der Waals surface area contributed by atoms with Crippen molar-refractivity contribution in [1.29, 1.82) is 0 Å². The van der Waals surface area contributed by atoms with E-state index in [1.54, 1.807) is 46.9 Å². The number of imidazole rings is 1. The summed E-state index contributed by atoms with van der Waals surface area (Å²) in [6.07, 6.45) is 3.73. The van der Waals surface area contributed by atoms with Gasteiger partial charge in [0, 0.05) is 19.3 Å². The Balaban J connectivity index is 1.71. The zero-order valence-corrected chi connectivity index (χ0v) is 15.0. The van der Waals surface area contributed by atoms with E-state index >= 15 is 0 Å². The van der Waals surface area contributed by atoms with Gasteiger partial charge < -0.3 is 15.0 Å². The van der Waals surface area contributed by atoms with Crippen LogP contribution in [0.1, 0.15) is 33.9 Å². The van der Waals surface area contributed by atoms with Crippen LogP contribution in [0.5, 0.6) is 5.75 Å². The number of amides is 2. The largest absolute Gasteiger partial charge is 0.495 e. The Morgan fingerprint density at radius 3 is 2.59 bits per heavy atom. The molecule has 3 heterocycles. The first-order chi connectivity index (χ1) is 13.2. The molecular formula is C20H20N4O3. The van der Waals surface area contributed by atoms with Gasteiger partial charge in [0.25, 0.3) is 11.8 Å². The third-order valence-corrected chi connectivity index (χ3v) is 4.70. The highest BCUT2D eigenvalue weighted by Crippen LogP contribution is 2.24. The Labute approximate surface area is 156 Å². The van der Waals surface area contributed by atoms with Gasteiger partial charge in [0.15, 0.2) is 5.69 Å². The van der Waals surface area contributed by atoms with E-state index in [0.717, 1.165) is 25.9 Å². The number of aromatic nitrogens is 2. The SMILES string of the molecule is COc1ccccc1NC(=O)c1nc(C(=O)N2CCCC2)c2ccccn12. The second-order valence-corrected chi connectivity index (χ2v) is 6.39. The number of carbonyl (C=O) groups excluding carboxylic acids is 2. The molecule has 1 aromatic carbocycles. The van der Waals surface area contributed by atoms with Gasteiger partial charge in [-0.05, 0) is 37.1 Å². The molecule has 27 heavy (non-hydrogen) atoms. The Hall–Kier alpha value is -3.35. The van der Waals surface area contributed by atoms with Gasteiger partial charge in [0.2, 0.25) is 5.82 Å². The van der Waals surface area contributed by atoms with Crippen molar-refractivity contribution >= 4 is 23.0 Å². The van der Waals surface area contributed by atoms with E-state index in [1.165, 1.54) is 0 Å². The lowest BCUT2D eigenvalue weighted by molar-refractivity contribution is 0.0789. The summed E-state index contributed by atoms with van der Waals surface area (Å²) in [5.41, 5.74) is 1.48. The summed E-state index contributed by atoms with van der Waals surface area (Å²) in [7, 11) is 1.54. The number of hydrogen-bond donors (Lipinski definition) is 1.